The van der Waals surface area contributed by atoms with E-state index in [0.717, 1.165) is 5.56 Å². The van der Waals surface area contributed by atoms with E-state index in [1.807, 2.05) is 6.07 Å². The summed E-state index contributed by atoms with van der Waals surface area (Å²) < 4.78 is 12.0. The fourth-order valence-electron chi connectivity index (χ4n) is 1.93. The molecule has 0 aliphatic rings. The summed E-state index contributed by atoms with van der Waals surface area (Å²) >= 11 is 0. The molecule has 0 aliphatic heterocycles. The topological polar surface area (TPSA) is 91.5 Å². The van der Waals surface area contributed by atoms with Crippen LogP contribution in [0.2, 0.25) is 0 Å². The van der Waals surface area contributed by atoms with Crippen molar-refractivity contribution < 1.29 is 14.4 Å². The van der Waals surface area contributed by atoms with Crippen molar-refractivity contribution >= 4 is 11.6 Å². The Morgan fingerprint density at radius 1 is 1.38 bits per heavy atom. The van der Waals surface area contributed by atoms with Gasteiger partial charge in [-0.25, -0.2) is 0 Å². The first-order valence-electron chi connectivity index (χ1n) is 6.17. The highest BCUT2D eigenvalue weighted by molar-refractivity contribution is 5.53. The van der Waals surface area contributed by atoms with Crippen molar-refractivity contribution in [2.45, 2.75) is 6.54 Å². The van der Waals surface area contributed by atoms with E-state index in [1.165, 1.54) is 6.33 Å². The van der Waals surface area contributed by atoms with Crippen molar-refractivity contribution in [3.8, 4) is 11.5 Å². The molecule has 0 amide bonds. The summed E-state index contributed by atoms with van der Waals surface area (Å²) in [5.41, 5.74) is 0.855. The van der Waals surface area contributed by atoms with Crippen molar-refractivity contribution in [2.24, 2.45) is 7.05 Å². The van der Waals surface area contributed by atoms with E-state index in [4.69, 9.17) is 9.47 Å². The van der Waals surface area contributed by atoms with Gasteiger partial charge in [0.15, 0.2) is 0 Å². The van der Waals surface area contributed by atoms with Crippen LogP contribution in [0.15, 0.2) is 24.5 Å². The second kappa shape index (κ2) is 6.12. The molecular weight excluding hydrogens is 276 g/mol. The number of aryl methyl sites for hydroxylation is 1. The average molecular weight is 292 g/mol. The summed E-state index contributed by atoms with van der Waals surface area (Å²) in [4.78, 5) is 14.1. The van der Waals surface area contributed by atoms with Gasteiger partial charge in [-0.3, -0.25) is 4.57 Å². The van der Waals surface area contributed by atoms with Gasteiger partial charge in [-0.05, 0) is 22.0 Å². The Balaban J connectivity index is 2.20. The lowest BCUT2D eigenvalue weighted by molar-refractivity contribution is -0.388. The van der Waals surface area contributed by atoms with Crippen LogP contribution in [0.25, 0.3) is 0 Å². The van der Waals surface area contributed by atoms with Gasteiger partial charge in [0.05, 0.1) is 14.2 Å². The summed E-state index contributed by atoms with van der Waals surface area (Å²) in [6, 6.07) is 5.40. The molecule has 0 saturated carbocycles. The maximum atomic E-state index is 10.9. The van der Waals surface area contributed by atoms with Crippen LogP contribution in [0.4, 0.5) is 11.6 Å². The number of imidazole rings is 1. The molecule has 0 saturated heterocycles. The molecule has 21 heavy (non-hydrogen) atoms. The number of benzene rings is 1. The second-order valence-corrected chi connectivity index (χ2v) is 4.32. The normalized spacial score (nSPS) is 10.2. The van der Waals surface area contributed by atoms with Crippen molar-refractivity contribution in [2.75, 3.05) is 19.5 Å². The largest absolute Gasteiger partial charge is 0.497 e. The maximum Gasteiger partial charge on any atom is 0.406 e. The molecule has 0 radical (unpaired) electrons. The fraction of sp³-hybridized carbons (Fsp3) is 0.308. The molecule has 2 rings (SSSR count). The standard InChI is InChI=1S/C13H16N4O4/c1-16-8-15-13(17(18)19)12(16)14-7-9-4-5-10(20-2)6-11(9)21-3/h4-6,8,14H,7H2,1-3H3. The second-order valence-electron chi connectivity index (χ2n) is 4.32. The lowest BCUT2D eigenvalue weighted by Crippen LogP contribution is -2.07. The van der Waals surface area contributed by atoms with Crippen LogP contribution in [-0.2, 0) is 13.6 Å². The number of aromatic nitrogens is 2. The first-order valence-corrected chi connectivity index (χ1v) is 6.17. The number of methoxy groups -OCH3 is 2. The van der Waals surface area contributed by atoms with E-state index in [0.29, 0.717) is 23.9 Å². The zero-order chi connectivity index (χ0) is 15.4. The lowest BCUT2D eigenvalue weighted by atomic mass is 10.2. The SMILES string of the molecule is COc1ccc(CNc2c([N+](=O)[O-])ncn2C)c(OC)c1. The zero-order valence-electron chi connectivity index (χ0n) is 12.0. The van der Waals surface area contributed by atoms with Crippen LogP contribution in [-0.4, -0.2) is 28.7 Å². The Morgan fingerprint density at radius 2 is 2.14 bits per heavy atom. The third-order valence-electron chi connectivity index (χ3n) is 3.03. The van der Waals surface area contributed by atoms with Crippen molar-refractivity contribution in [1.29, 1.82) is 0 Å². The van der Waals surface area contributed by atoms with Crippen molar-refractivity contribution in [1.82, 2.24) is 9.55 Å². The first-order chi connectivity index (χ1) is 10.1. The third-order valence-corrected chi connectivity index (χ3v) is 3.03. The van der Waals surface area contributed by atoms with E-state index in [9.17, 15) is 10.1 Å². The van der Waals surface area contributed by atoms with E-state index in [2.05, 4.69) is 10.3 Å². The Labute approximate surface area is 121 Å². The molecule has 0 atom stereocenters. The summed E-state index contributed by atoms with van der Waals surface area (Å²) in [5, 5.41) is 13.9. The molecule has 8 nitrogen and oxygen atoms in total. The van der Waals surface area contributed by atoms with Gasteiger partial charge in [0.25, 0.3) is 0 Å². The molecule has 1 aromatic heterocycles. The van der Waals surface area contributed by atoms with Crippen LogP contribution in [0.1, 0.15) is 5.56 Å². The van der Waals surface area contributed by atoms with Gasteiger partial charge >= 0.3 is 5.82 Å². The molecule has 2 aromatic rings. The number of hydrogen-bond acceptors (Lipinski definition) is 6. The highest BCUT2D eigenvalue weighted by atomic mass is 16.6. The van der Waals surface area contributed by atoms with Crippen molar-refractivity contribution in [3.63, 3.8) is 0 Å². The molecule has 0 bridgehead atoms. The van der Waals surface area contributed by atoms with Gasteiger partial charge in [-0.2, -0.15) is 0 Å². The minimum atomic E-state index is -0.520. The molecule has 0 fully saturated rings. The maximum absolute atomic E-state index is 10.9. The molecule has 0 spiro atoms. The Morgan fingerprint density at radius 3 is 2.76 bits per heavy atom. The van der Waals surface area contributed by atoms with Crippen LogP contribution < -0.4 is 14.8 Å². The van der Waals surface area contributed by atoms with Crippen LogP contribution >= 0.6 is 0 Å². The molecule has 1 heterocycles. The third kappa shape index (κ3) is 3.04. The van der Waals surface area contributed by atoms with Gasteiger partial charge < -0.3 is 24.9 Å². The molecule has 1 aromatic carbocycles. The number of nitro groups is 1. The van der Waals surface area contributed by atoms with Gasteiger partial charge in [0.1, 0.15) is 11.5 Å². The minimum Gasteiger partial charge on any atom is -0.497 e. The minimum absolute atomic E-state index is 0.204. The number of rotatable bonds is 6. The summed E-state index contributed by atoms with van der Waals surface area (Å²) in [6.45, 7) is 0.369. The van der Waals surface area contributed by atoms with Gasteiger partial charge in [0.2, 0.25) is 12.1 Å². The number of hydrogen-bond donors (Lipinski definition) is 1. The Hall–Kier alpha value is -2.77. The highest BCUT2D eigenvalue weighted by Crippen LogP contribution is 2.27. The van der Waals surface area contributed by atoms with E-state index in [-0.39, 0.29) is 5.82 Å². The fourth-order valence-corrected chi connectivity index (χ4v) is 1.93. The summed E-state index contributed by atoms with van der Waals surface area (Å²) in [7, 11) is 4.82. The van der Waals surface area contributed by atoms with Crippen LogP contribution in [0, 0.1) is 10.1 Å². The van der Waals surface area contributed by atoms with Gasteiger partial charge in [0, 0.05) is 25.2 Å². The first kappa shape index (κ1) is 14.6. The quantitative estimate of drug-likeness (QED) is 0.646. The number of nitrogens with one attached hydrogen (secondary N) is 1. The van der Waals surface area contributed by atoms with Gasteiger partial charge in [-0.15, -0.1) is 0 Å². The number of nitrogens with zero attached hydrogens (tertiary/aromatic N) is 3. The Kier molecular flexibility index (Phi) is 4.27. The molecule has 8 heteroatoms. The predicted molar refractivity (Wildman–Crippen MR) is 76.7 cm³/mol. The molecular formula is C13H16N4O4. The van der Waals surface area contributed by atoms with E-state index < -0.39 is 4.92 Å². The summed E-state index contributed by atoms with van der Waals surface area (Å²) in [5.74, 6) is 1.47. The van der Waals surface area contributed by atoms with Crippen molar-refractivity contribution in [3.05, 3.63) is 40.2 Å². The number of anilines is 1. The molecule has 1 N–H and O–H groups in total. The molecule has 112 valence electrons. The monoisotopic (exact) mass is 292 g/mol. The van der Waals surface area contributed by atoms with Crippen LogP contribution in [0.5, 0.6) is 11.5 Å². The predicted octanol–water partition coefficient (Wildman–Crippen LogP) is 1.96. The molecule has 0 aliphatic carbocycles. The zero-order valence-corrected chi connectivity index (χ0v) is 12.0. The average Bonchev–Trinajstić information content (AvgIpc) is 2.86. The summed E-state index contributed by atoms with van der Waals surface area (Å²) in [6.07, 6.45) is 1.39. The highest BCUT2D eigenvalue weighted by Gasteiger charge is 2.20. The van der Waals surface area contributed by atoms with E-state index >= 15 is 0 Å². The van der Waals surface area contributed by atoms with Gasteiger partial charge in [-0.1, -0.05) is 0 Å². The lowest BCUT2D eigenvalue weighted by Gasteiger charge is -2.11. The van der Waals surface area contributed by atoms with E-state index in [1.54, 1.807) is 38.0 Å². The Bertz CT molecular complexity index is 654. The molecule has 0 unspecified atom stereocenters. The smallest absolute Gasteiger partial charge is 0.406 e. The van der Waals surface area contributed by atoms with Crippen LogP contribution in [0.3, 0.4) is 0 Å². The number of ether oxygens (including phenoxy) is 2.